The molecule has 2 heterocycles. The minimum absolute atomic E-state index is 0.139. The van der Waals surface area contributed by atoms with Crippen molar-refractivity contribution in [3.8, 4) is 0 Å². The van der Waals surface area contributed by atoms with Crippen LogP contribution in [0.15, 0.2) is 42.6 Å². The first-order chi connectivity index (χ1) is 12.0. The fraction of sp³-hybridized carbons (Fsp3) is 0.294. The molecule has 2 aromatic rings. The molecule has 0 fully saturated rings. The Morgan fingerprint density at radius 1 is 1.36 bits per heavy atom. The lowest BCUT2D eigenvalue weighted by Crippen LogP contribution is -2.40. The molecule has 1 aliphatic rings. The van der Waals surface area contributed by atoms with Crippen LogP contribution < -0.4 is 4.90 Å². The van der Waals surface area contributed by atoms with E-state index in [-0.39, 0.29) is 17.2 Å². The number of carbonyl (C=O) groups excluding carboxylic acids is 1. The minimum atomic E-state index is -1.28. The van der Waals surface area contributed by atoms with Crippen molar-refractivity contribution >= 4 is 29.2 Å². The number of aliphatic hydroxyl groups is 1. The number of benzene rings is 1. The summed E-state index contributed by atoms with van der Waals surface area (Å²) in [5.41, 5.74) is 0.929. The lowest BCUT2D eigenvalue weighted by atomic mass is 10.0. The van der Waals surface area contributed by atoms with E-state index < -0.39 is 16.3 Å². The standard InChI is InChI=1S/C17H17N3O4S/c1-25-15(14(21)12-6-2-3-7-13(12)20(23)24)17(22)19-10-8-11-5-4-9-18-16(11)19/h2-7,9,14-15,21H,8,10H2,1H3/t14-,15-/m1/s1. The van der Waals surface area contributed by atoms with Gasteiger partial charge in [-0.15, -0.1) is 11.8 Å². The molecule has 25 heavy (non-hydrogen) atoms. The summed E-state index contributed by atoms with van der Waals surface area (Å²) < 4.78 is 0. The molecule has 1 amide bonds. The zero-order valence-electron chi connectivity index (χ0n) is 13.5. The Hall–Kier alpha value is -2.45. The Morgan fingerprint density at radius 3 is 2.84 bits per heavy atom. The summed E-state index contributed by atoms with van der Waals surface area (Å²) in [7, 11) is 0. The summed E-state index contributed by atoms with van der Waals surface area (Å²) in [6.45, 7) is 0.492. The molecule has 1 N–H and O–H groups in total. The molecular formula is C17H17N3O4S. The molecule has 3 rings (SSSR count). The first kappa shape index (κ1) is 17.4. The van der Waals surface area contributed by atoms with Crippen LogP contribution in [0.2, 0.25) is 0 Å². The predicted octanol–water partition coefficient (Wildman–Crippen LogP) is 2.34. The highest BCUT2D eigenvalue weighted by atomic mass is 32.2. The van der Waals surface area contributed by atoms with E-state index in [0.29, 0.717) is 18.8 Å². The maximum atomic E-state index is 13.0. The molecule has 2 atom stereocenters. The van der Waals surface area contributed by atoms with Crippen molar-refractivity contribution in [2.45, 2.75) is 17.8 Å². The molecule has 0 bridgehead atoms. The third-order valence-corrected chi connectivity index (χ3v) is 5.20. The van der Waals surface area contributed by atoms with Gasteiger partial charge in [-0.2, -0.15) is 0 Å². The van der Waals surface area contributed by atoms with Crippen molar-refractivity contribution in [2.75, 3.05) is 17.7 Å². The number of carbonyl (C=O) groups is 1. The Balaban J connectivity index is 1.90. The van der Waals surface area contributed by atoms with Crippen LogP contribution in [-0.4, -0.2) is 39.0 Å². The van der Waals surface area contributed by atoms with Gasteiger partial charge in [-0.25, -0.2) is 4.98 Å². The zero-order chi connectivity index (χ0) is 18.0. The molecule has 0 spiro atoms. The van der Waals surface area contributed by atoms with Crippen LogP contribution >= 0.6 is 11.8 Å². The quantitative estimate of drug-likeness (QED) is 0.650. The number of pyridine rings is 1. The number of thioether (sulfide) groups is 1. The number of nitrogens with zero attached hydrogens (tertiary/aromatic N) is 3. The Kier molecular flexibility index (Phi) is 5.00. The lowest BCUT2D eigenvalue weighted by molar-refractivity contribution is -0.386. The molecule has 8 heteroatoms. The van der Waals surface area contributed by atoms with Gasteiger partial charge in [0.25, 0.3) is 5.69 Å². The normalized spacial score (nSPS) is 15.5. The van der Waals surface area contributed by atoms with Crippen molar-refractivity contribution in [2.24, 2.45) is 0 Å². The fourth-order valence-corrected chi connectivity index (χ4v) is 3.74. The van der Waals surface area contributed by atoms with Gasteiger partial charge in [-0.3, -0.25) is 19.8 Å². The molecule has 1 aromatic carbocycles. The first-order valence-corrected chi connectivity index (χ1v) is 9.03. The molecule has 0 saturated carbocycles. The van der Waals surface area contributed by atoms with Crippen LogP contribution in [0.1, 0.15) is 17.2 Å². The van der Waals surface area contributed by atoms with Gasteiger partial charge >= 0.3 is 0 Å². The van der Waals surface area contributed by atoms with Crippen LogP contribution in [0.3, 0.4) is 0 Å². The Bertz CT molecular complexity index is 814. The van der Waals surface area contributed by atoms with Crippen molar-refractivity contribution in [1.82, 2.24) is 4.98 Å². The molecule has 1 aromatic heterocycles. The largest absolute Gasteiger partial charge is 0.386 e. The van der Waals surface area contributed by atoms with E-state index in [4.69, 9.17) is 0 Å². The van der Waals surface area contributed by atoms with Gasteiger partial charge < -0.3 is 5.11 Å². The van der Waals surface area contributed by atoms with Gasteiger partial charge in [-0.1, -0.05) is 18.2 Å². The van der Waals surface area contributed by atoms with Gasteiger partial charge in [0, 0.05) is 18.8 Å². The summed E-state index contributed by atoms with van der Waals surface area (Å²) in [6, 6.07) is 9.69. The number of hydrogen-bond donors (Lipinski definition) is 1. The van der Waals surface area contributed by atoms with E-state index in [0.717, 1.165) is 5.56 Å². The van der Waals surface area contributed by atoms with E-state index in [1.807, 2.05) is 12.1 Å². The summed E-state index contributed by atoms with van der Waals surface area (Å²) in [6.07, 6.45) is 2.75. The van der Waals surface area contributed by atoms with Crippen molar-refractivity contribution in [3.05, 3.63) is 63.8 Å². The zero-order valence-corrected chi connectivity index (χ0v) is 14.3. The average molecular weight is 359 g/mol. The van der Waals surface area contributed by atoms with Crippen LogP contribution in [-0.2, 0) is 11.2 Å². The van der Waals surface area contributed by atoms with Crippen molar-refractivity contribution < 1.29 is 14.8 Å². The van der Waals surface area contributed by atoms with E-state index in [2.05, 4.69) is 4.98 Å². The molecule has 0 unspecified atom stereocenters. The molecule has 7 nitrogen and oxygen atoms in total. The average Bonchev–Trinajstić information content (AvgIpc) is 3.06. The van der Waals surface area contributed by atoms with Crippen LogP contribution in [0.5, 0.6) is 0 Å². The summed E-state index contributed by atoms with van der Waals surface area (Å²) >= 11 is 1.17. The Morgan fingerprint density at radius 2 is 2.12 bits per heavy atom. The number of anilines is 1. The van der Waals surface area contributed by atoms with Crippen LogP contribution in [0, 0.1) is 10.1 Å². The van der Waals surface area contributed by atoms with E-state index in [1.165, 1.54) is 30.0 Å². The second-order valence-corrected chi connectivity index (χ2v) is 6.62. The number of aromatic nitrogens is 1. The summed E-state index contributed by atoms with van der Waals surface area (Å²) in [5.74, 6) is 0.303. The number of nitro groups is 1. The molecule has 1 aliphatic heterocycles. The minimum Gasteiger partial charge on any atom is -0.386 e. The van der Waals surface area contributed by atoms with Gasteiger partial charge in [0.15, 0.2) is 0 Å². The number of hydrogen-bond acceptors (Lipinski definition) is 6. The maximum absolute atomic E-state index is 13.0. The lowest BCUT2D eigenvalue weighted by Gasteiger charge is -2.25. The van der Waals surface area contributed by atoms with Gasteiger partial charge in [-0.05, 0) is 30.4 Å². The van der Waals surface area contributed by atoms with Gasteiger partial charge in [0.05, 0.1) is 10.5 Å². The van der Waals surface area contributed by atoms with Crippen molar-refractivity contribution in [3.63, 3.8) is 0 Å². The summed E-state index contributed by atoms with van der Waals surface area (Å²) in [5, 5.41) is 21.1. The van der Waals surface area contributed by atoms with E-state index in [1.54, 1.807) is 23.4 Å². The number of para-hydroxylation sites is 1. The topological polar surface area (TPSA) is 96.6 Å². The third-order valence-electron chi connectivity index (χ3n) is 4.23. The van der Waals surface area contributed by atoms with E-state index in [9.17, 15) is 20.0 Å². The third kappa shape index (κ3) is 3.22. The SMILES string of the molecule is CS[C@@H](C(=O)N1CCc2cccnc21)[C@H](O)c1ccccc1[N+](=O)[O-]. The maximum Gasteiger partial charge on any atom is 0.275 e. The molecule has 0 saturated heterocycles. The number of aliphatic hydroxyl groups excluding tert-OH is 1. The second kappa shape index (κ2) is 7.20. The van der Waals surface area contributed by atoms with Crippen LogP contribution in [0.4, 0.5) is 11.5 Å². The number of nitro benzene ring substituents is 1. The molecule has 130 valence electrons. The van der Waals surface area contributed by atoms with Crippen molar-refractivity contribution in [1.29, 1.82) is 0 Å². The number of amides is 1. The number of fused-ring (bicyclic) bond motifs is 1. The summed E-state index contributed by atoms with van der Waals surface area (Å²) in [4.78, 5) is 29.4. The molecule has 0 radical (unpaired) electrons. The monoisotopic (exact) mass is 359 g/mol. The first-order valence-electron chi connectivity index (χ1n) is 7.74. The van der Waals surface area contributed by atoms with Gasteiger partial charge in [0.2, 0.25) is 5.91 Å². The molecular weight excluding hydrogens is 342 g/mol. The fourth-order valence-electron chi connectivity index (χ4n) is 3.01. The highest BCUT2D eigenvalue weighted by Gasteiger charge is 2.37. The highest BCUT2D eigenvalue weighted by Crippen LogP contribution is 2.35. The number of rotatable bonds is 5. The van der Waals surface area contributed by atoms with Crippen LogP contribution in [0.25, 0.3) is 0 Å². The smallest absolute Gasteiger partial charge is 0.275 e. The second-order valence-electron chi connectivity index (χ2n) is 5.64. The van der Waals surface area contributed by atoms with E-state index >= 15 is 0 Å². The van der Waals surface area contributed by atoms with Gasteiger partial charge in [0.1, 0.15) is 17.2 Å². The Labute approximate surface area is 148 Å². The highest BCUT2D eigenvalue weighted by molar-refractivity contribution is 8.00. The molecule has 0 aliphatic carbocycles. The predicted molar refractivity (Wildman–Crippen MR) is 95.7 cm³/mol.